The van der Waals surface area contributed by atoms with E-state index >= 15 is 0 Å². The van der Waals surface area contributed by atoms with Gasteiger partial charge >= 0.3 is 5.97 Å². The topological polar surface area (TPSA) is 38.3 Å². The van der Waals surface area contributed by atoms with Gasteiger partial charge in [0, 0.05) is 12.2 Å². The summed E-state index contributed by atoms with van der Waals surface area (Å²) in [7, 11) is 0. The minimum Gasteiger partial charge on any atom is -0.465 e. The van der Waals surface area contributed by atoms with E-state index < -0.39 is 0 Å². The fourth-order valence-corrected chi connectivity index (χ4v) is 2.21. The summed E-state index contributed by atoms with van der Waals surface area (Å²) in [6.45, 7) is 1.32. The first kappa shape index (κ1) is 10.6. The molecule has 1 aliphatic heterocycles. The zero-order valence-electron chi connectivity index (χ0n) is 9.82. The van der Waals surface area contributed by atoms with E-state index in [0.717, 1.165) is 12.1 Å². The summed E-state index contributed by atoms with van der Waals surface area (Å²) in [4.78, 5) is 11.9. The highest BCUT2D eigenvalue weighted by Crippen LogP contribution is 2.30. The molecule has 1 aromatic rings. The Labute approximate surface area is 101 Å². The van der Waals surface area contributed by atoms with E-state index in [2.05, 4.69) is 17.4 Å². The molecule has 1 atom stereocenters. The molecule has 0 saturated heterocycles. The van der Waals surface area contributed by atoms with Gasteiger partial charge < -0.3 is 10.1 Å². The second kappa shape index (κ2) is 4.40. The molecule has 1 aromatic carbocycles. The van der Waals surface area contributed by atoms with Gasteiger partial charge in [-0.05, 0) is 36.8 Å². The highest BCUT2D eigenvalue weighted by atomic mass is 16.5. The Morgan fingerprint density at radius 2 is 2.18 bits per heavy atom. The van der Waals surface area contributed by atoms with Crippen LogP contribution in [0.25, 0.3) is 0 Å². The van der Waals surface area contributed by atoms with Crippen LogP contribution >= 0.6 is 0 Å². The van der Waals surface area contributed by atoms with Gasteiger partial charge in [-0.15, -0.1) is 0 Å². The van der Waals surface area contributed by atoms with Crippen molar-refractivity contribution in [1.29, 1.82) is 0 Å². The van der Waals surface area contributed by atoms with Crippen LogP contribution in [0.4, 0.5) is 5.69 Å². The van der Waals surface area contributed by atoms with E-state index in [1.807, 2.05) is 12.1 Å². The molecule has 17 heavy (non-hydrogen) atoms. The van der Waals surface area contributed by atoms with Gasteiger partial charge in [-0.2, -0.15) is 0 Å². The van der Waals surface area contributed by atoms with Crippen LogP contribution in [-0.4, -0.2) is 19.1 Å². The van der Waals surface area contributed by atoms with Crippen LogP contribution in [0.5, 0.6) is 0 Å². The molecular weight excluding hydrogens is 214 g/mol. The Hall–Kier alpha value is -1.51. The first-order chi connectivity index (χ1) is 8.33. The lowest BCUT2D eigenvalue weighted by Crippen LogP contribution is -2.31. The molecule has 0 radical (unpaired) electrons. The molecule has 1 heterocycles. The highest BCUT2D eigenvalue weighted by Gasteiger charge is 2.28. The largest absolute Gasteiger partial charge is 0.465 e. The number of hydrogen-bond acceptors (Lipinski definition) is 3. The van der Waals surface area contributed by atoms with Crippen molar-refractivity contribution in [2.24, 2.45) is 11.8 Å². The van der Waals surface area contributed by atoms with Gasteiger partial charge in [0.15, 0.2) is 0 Å². The lowest BCUT2D eigenvalue weighted by atomic mass is 9.94. The maximum absolute atomic E-state index is 11.9. The van der Waals surface area contributed by atoms with Gasteiger partial charge in [-0.25, -0.2) is 0 Å². The molecule has 1 fully saturated rings. The normalized spacial score (nSPS) is 22.5. The standard InChI is InChI=1S/C14H17NO2/c16-14(17-9-10-5-6-10)12-7-11-3-1-2-4-13(11)15-8-12/h1-4,10,12,15H,5-9H2. The second-order valence-electron chi connectivity index (χ2n) is 5.01. The molecule has 0 spiro atoms. The first-order valence-electron chi connectivity index (χ1n) is 6.31. The summed E-state index contributed by atoms with van der Waals surface area (Å²) in [6.07, 6.45) is 3.24. The molecule has 1 unspecified atom stereocenters. The van der Waals surface area contributed by atoms with Gasteiger partial charge in [0.05, 0.1) is 12.5 Å². The van der Waals surface area contributed by atoms with E-state index in [1.54, 1.807) is 0 Å². The van der Waals surface area contributed by atoms with E-state index in [0.29, 0.717) is 19.1 Å². The number of hydrogen-bond donors (Lipinski definition) is 1. The lowest BCUT2D eigenvalue weighted by Gasteiger charge is -2.24. The van der Waals surface area contributed by atoms with Gasteiger partial charge in [0.2, 0.25) is 0 Å². The Bertz CT molecular complexity index is 426. The molecule has 0 bridgehead atoms. The number of rotatable bonds is 3. The molecule has 3 rings (SSSR count). The number of benzene rings is 1. The monoisotopic (exact) mass is 231 g/mol. The van der Waals surface area contributed by atoms with Crippen LogP contribution in [0, 0.1) is 11.8 Å². The summed E-state index contributed by atoms with van der Waals surface area (Å²) < 4.78 is 5.34. The summed E-state index contributed by atoms with van der Waals surface area (Å²) in [5.74, 6) is 0.574. The summed E-state index contributed by atoms with van der Waals surface area (Å²) in [5, 5.41) is 3.30. The van der Waals surface area contributed by atoms with Gasteiger partial charge in [0.1, 0.15) is 0 Å². The van der Waals surface area contributed by atoms with E-state index in [4.69, 9.17) is 4.74 Å². The predicted octanol–water partition coefficient (Wildman–Crippen LogP) is 2.22. The number of nitrogens with one attached hydrogen (secondary N) is 1. The predicted molar refractivity (Wildman–Crippen MR) is 65.8 cm³/mol. The smallest absolute Gasteiger partial charge is 0.311 e. The fraction of sp³-hybridized carbons (Fsp3) is 0.500. The molecule has 3 nitrogen and oxygen atoms in total. The third kappa shape index (κ3) is 2.43. The Balaban J connectivity index is 1.60. The number of esters is 1. The Morgan fingerprint density at radius 3 is 3.00 bits per heavy atom. The molecular formula is C14H17NO2. The first-order valence-corrected chi connectivity index (χ1v) is 6.31. The molecule has 90 valence electrons. The van der Waals surface area contributed by atoms with Gasteiger partial charge in [-0.3, -0.25) is 4.79 Å². The zero-order chi connectivity index (χ0) is 11.7. The van der Waals surface area contributed by atoms with Crippen LogP contribution in [-0.2, 0) is 16.0 Å². The number of para-hydroxylation sites is 1. The maximum Gasteiger partial charge on any atom is 0.311 e. The van der Waals surface area contributed by atoms with Crippen molar-refractivity contribution in [3.63, 3.8) is 0 Å². The van der Waals surface area contributed by atoms with Gasteiger partial charge in [-0.1, -0.05) is 18.2 Å². The zero-order valence-corrected chi connectivity index (χ0v) is 9.82. The number of carbonyl (C=O) groups excluding carboxylic acids is 1. The van der Waals surface area contributed by atoms with Crippen LogP contribution < -0.4 is 5.32 Å². The lowest BCUT2D eigenvalue weighted by molar-refractivity contribution is -0.148. The van der Waals surface area contributed by atoms with Crippen molar-refractivity contribution < 1.29 is 9.53 Å². The highest BCUT2D eigenvalue weighted by molar-refractivity contribution is 5.75. The van der Waals surface area contributed by atoms with Gasteiger partial charge in [0.25, 0.3) is 0 Å². The van der Waals surface area contributed by atoms with E-state index in [9.17, 15) is 4.79 Å². The van der Waals surface area contributed by atoms with Crippen molar-refractivity contribution in [2.75, 3.05) is 18.5 Å². The second-order valence-corrected chi connectivity index (χ2v) is 5.01. The Kier molecular flexibility index (Phi) is 2.75. The van der Waals surface area contributed by atoms with Crippen LogP contribution in [0.3, 0.4) is 0 Å². The van der Waals surface area contributed by atoms with Crippen molar-refractivity contribution in [3.05, 3.63) is 29.8 Å². The van der Waals surface area contributed by atoms with Crippen LogP contribution in [0.2, 0.25) is 0 Å². The summed E-state index contributed by atoms with van der Waals surface area (Å²) >= 11 is 0. The third-order valence-corrected chi connectivity index (χ3v) is 3.51. The number of ether oxygens (including phenoxy) is 1. The SMILES string of the molecule is O=C(OCC1CC1)C1CNc2ccccc2C1. The maximum atomic E-state index is 11.9. The molecule has 0 aromatic heterocycles. The van der Waals surface area contributed by atoms with E-state index in [-0.39, 0.29) is 11.9 Å². The van der Waals surface area contributed by atoms with Crippen LogP contribution in [0.1, 0.15) is 18.4 Å². The minimum atomic E-state index is -0.0427. The molecule has 1 aliphatic carbocycles. The number of anilines is 1. The van der Waals surface area contributed by atoms with Crippen molar-refractivity contribution in [1.82, 2.24) is 0 Å². The van der Waals surface area contributed by atoms with Crippen molar-refractivity contribution >= 4 is 11.7 Å². The summed E-state index contributed by atoms with van der Waals surface area (Å²) in [6, 6.07) is 8.15. The average molecular weight is 231 g/mol. The average Bonchev–Trinajstić information content (AvgIpc) is 3.19. The molecule has 0 amide bonds. The van der Waals surface area contributed by atoms with E-state index in [1.165, 1.54) is 18.4 Å². The summed E-state index contributed by atoms with van der Waals surface area (Å²) in [5.41, 5.74) is 2.37. The molecule has 3 heteroatoms. The molecule has 1 saturated carbocycles. The number of fused-ring (bicyclic) bond motifs is 1. The third-order valence-electron chi connectivity index (χ3n) is 3.51. The molecule has 2 aliphatic rings. The van der Waals surface area contributed by atoms with Crippen LogP contribution in [0.15, 0.2) is 24.3 Å². The fourth-order valence-electron chi connectivity index (χ4n) is 2.21. The van der Waals surface area contributed by atoms with Crippen molar-refractivity contribution in [2.45, 2.75) is 19.3 Å². The van der Waals surface area contributed by atoms with Crippen molar-refractivity contribution in [3.8, 4) is 0 Å². The Morgan fingerprint density at radius 1 is 1.35 bits per heavy atom. The number of carbonyl (C=O) groups is 1. The minimum absolute atomic E-state index is 0.0244. The molecule has 1 N–H and O–H groups in total. The quantitative estimate of drug-likeness (QED) is 0.811.